The van der Waals surface area contributed by atoms with Crippen LogP contribution in [0.15, 0.2) is 64.9 Å². The SMILES string of the molecule is O=C(NN=C1Sc2cccc3c(O)ccc1c23)c1cccnc1. The van der Waals surface area contributed by atoms with Crippen molar-refractivity contribution in [1.82, 2.24) is 10.4 Å². The molecule has 0 bridgehead atoms. The normalized spacial score (nSPS) is 14.3. The number of hydrogen-bond donors (Lipinski definition) is 2. The van der Waals surface area contributed by atoms with Gasteiger partial charge in [0.05, 0.1) is 5.56 Å². The summed E-state index contributed by atoms with van der Waals surface area (Å²) >= 11 is 1.47. The summed E-state index contributed by atoms with van der Waals surface area (Å²) in [7, 11) is 0. The number of hydrazone groups is 1. The molecule has 0 unspecified atom stereocenters. The summed E-state index contributed by atoms with van der Waals surface area (Å²) in [6, 6.07) is 12.6. The highest BCUT2D eigenvalue weighted by atomic mass is 32.2. The lowest BCUT2D eigenvalue weighted by Crippen LogP contribution is -2.19. The van der Waals surface area contributed by atoms with Crippen molar-refractivity contribution in [3.63, 3.8) is 0 Å². The molecule has 2 heterocycles. The average Bonchev–Trinajstić information content (AvgIpc) is 2.96. The topological polar surface area (TPSA) is 74.6 Å². The zero-order valence-electron chi connectivity index (χ0n) is 11.9. The van der Waals surface area contributed by atoms with Gasteiger partial charge in [-0.2, -0.15) is 5.10 Å². The maximum absolute atomic E-state index is 12.1. The summed E-state index contributed by atoms with van der Waals surface area (Å²) < 4.78 is 0. The Labute approximate surface area is 136 Å². The first-order valence-corrected chi connectivity index (χ1v) is 7.76. The summed E-state index contributed by atoms with van der Waals surface area (Å²) in [6.07, 6.45) is 3.10. The third kappa shape index (κ3) is 2.33. The number of aromatic nitrogens is 1. The number of hydrogen-bond acceptors (Lipinski definition) is 5. The van der Waals surface area contributed by atoms with E-state index in [1.807, 2.05) is 24.3 Å². The quantitative estimate of drug-likeness (QED) is 0.711. The predicted octanol–water partition coefficient (Wildman–Crippen LogP) is 3.14. The maximum atomic E-state index is 12.1. The molecule has 6 heteroatoms. The summed E-state index contributed by atoms with van der Waals surface area (Å²) in [5, 5.41) is 16.7. The molecule has 1 aliphatic rings. The van der Waals surface area contributed by atoms with Crippen molar-refractivity contribution in [2.45, 2.75) is 4.90 Å². The first kappa shape index (κ1) is 13.8. The van der Waals surface area contributed by atoms with Gasteiger partial charge >= 0.3 is 0 Å². The molecule has 23 heavy (non-hydrogen) atoms. The number of benzene rings is 2. The van der Waals surface area contributed by atoms with E-state index in [2.05, 4.69) is 15.5 Å². The largest absolute Gasteiger partial charge is 0.507 e. The number of phenolic OH excluding ortho intramolecular Hbond substituents is 1. The molecular weight excluding hydrogens is 310 g/mol. The van der Waals surface area contributed by atoms with Crippen LogP contribution in [0.1, 0.15) is 15.9 Å². The Morgan fingerprint density at radius 1 is 1.17 bits per heavy atom. The molecule has 2 N–H and O–H groups in total. The number of carbonyl (C=O) groups excluding carboxylic acids is 1. The van der Waals surface area contributed by atoms with Crippen molar-refractivity contribution in [2.24, 2.45) is 5.10 Å². The average molecular weight is 321 g/mol. The van der Waals surface area contributed by atoms with Gasteiger partial charge < -0.3 is 5.11 Å². The third-order valence-corrected chi connectivity index (χ3v) is 4.66. The predicted molar refractivity (Wildman–Crippen MR) is 89.7 cm³/mol. The van der Waals surface area contributed by atoms with Crippen molar-refractivity contribution in [2.75, 3.05) is 0 Å². The van der Waals surface area contributed by atoms with Gasteiger partial charge in [-0.3, -0.25) is 9.78 Å². The first-order valence-electron chi connectivity index (χ1n) is 6.95. The fourth-order valence-corrected chi connectivity index (χ4v) is 3.57. The monoisotopic (exact) mass is 321 g/mol. The number of thioether (sulfide) groups is 1. The lowest BCUT2D eigenvalue weighted by atomic mass is 10.0. The van der Waals surface area contributed by atoms with Crippen LogP contribution in [-0.2, 0) is 0 Å². The Kier molecular flexibility index (Phi) is 3.24. The molecule has 1 aliphatic heterocycles. The van der Waals surface area contributed by atoms with Crippen LogP contribution >= 0.6 is 11.8 Å². The first-order chi connectivity index (χ1) is 11.2. The second-order valence-electron chi connectivity index (χ2n) is 5.01. The number of aromatic hydroxyl groups is 1. The van der Waals surface area contributed by atoms with E-state index in [-0.39, 0.29) is 11.7 Å². The van der Waals surface area contributed by atoms with E-state index >= 15 is 0 Å². The van der Waals surface area contributed by atoms with E-state index in [1.165, 1.54) is 18.0 Å². The minimum atomic E-state index is -0.308. The van der Waals surface area contributed by atoms with Crippen LogP contribution < -0.4 is 5.43 Å². The maximum Gasteiger partial charge on any atom is 0.272 e. The van der Waals surface area contributed by atoms with E-state index in [1.54, 1.807) is 24.4 Å². The van der Waals surface area contributed by atoms with E-state index in [0.717, 1.165) is 21.2 Å². The molecule has 0 saturated heterocycles. The van der Waals surface area contributed by atoms with Gasteiger partial charge in [0.25, 0.3) is 5.91 Å². The Hall–Kier alpha value is -2.86. The van der Waals surface area contributed by atoms with Crippen LogP contribution in [-0.4, -0.2) is 21.0 Å². The second kappa shape index (κ2) is 5.40. The molecular formula is C17H11N3O2S. The number of nitrogens with zero attached hydrogens (tertiary/aromatic N) is 2. The summed E-state index contributed by atoms with van der Waals surface area (Å²) in [6.45, 7) is 0. The molecule has 0 atom stereocenters. The fourth-order valence-electron chi connectivity index (χ4n) is 2.53. The van der Waals surface area contributed by atoms with Gasteiger partial charge in [0.1, 0.15) is 10.8 Å². The number of rotatable bonds is 2. The molecule has 112 valence electrons. The van der Waals surface area contributed by atoms with E-state index in [9.17, 15) is 9.90 Å². The molecule has 0 spiro atoms. The molecule has 2 aromatic carbocycles. The highest BCUT2D eigenvalue weighted by Crippen LogP contribution is 2.43. The standard InChI is InChI=1S/C17H11N3O2S/c21-13-7-6-12-15-11(13)4-1-5-14(15)23-17(12)20-19-16(22)10-3-2-8-18-9-10/h1-9,21H,(H,19,22). The molecule has 0 saturated carbocycles. The van der Waals surface area contributed by atoms with Crippen molar-refractivity contribution >= 4 is 33.5 Å². The Bertz CT molecular complexity index is 955. The fraction of sp³-hybridized carbons (Fsp3) is 0. The van der Waals surface area contributed by atoms with Crippen LogP contribution in [0, 0.1) is 0 Å². The van der Waals surface area contributed by atoms with Crippen LogP contribution in [0.4, 0.5) is 0 Å². The van der Waals surface area contributed by atoms with Gasteiger partial charge in [0, 0.05) is 33.6 Å². The molecule has 0 fully saturated rings. The number of amides is 1. The Balaban J connectivity index is 1.69. The van der Waals surface area contributed by atoms with Gasteiger partial charge in [0.15, 0.2) is 0 Å². The third-order valence-electron chi connectivity index (χ3n) is 3.60. The highest BCUT2D eigenvalue weighted by Gasteiger charge is 2.22. The lowest BCUT2D eigenvalue weighted by molar-refractivity contribution is 0.0954. The van der Waals surface area contributed by atoms with Crippen LogP contribution in [0.25, 0.3) is 10.8 Å². The van der Waals surface area contributed by atoms with Gasteiger partial charge in [-0.05, 0) is 30.3 Å². The smallest absolute Gasteiger partial charge is 0.272 e. The van der Waals surface area contributed by atoms with E-state index < -0.39 is 0 Å². The molecule has 5 nitrogen and oxygen atoms in total. The van der Waals surface area contributed by atoms with Crippen molar-refractivity contribution in [3.05, 3.63) is 66.0 Å². The zero-order valence-corrected chi connectivity index (χ0v) is 12.7. The van der Waals surface area contributed by atoms with Crippen molar-refractivity contribution < 1.29 is 9.90 Å². The Morgan fingerprint density at radius 2 is 2.09 bits per heavy atom. The van der Waals surface area contributed by atoms with Crippen LogP contribution in [0.2, 0.25) is 0 Å². The van der Waals surface area contributed by atoms with Gasteiger partial charge in [-0.1, -0.05) is 23.9 Å². The van der Waals surface area contributed by atoms with E-state index in [4.69, 9.17) is 0 Å². The number of phenols is 1. The lowest BCUT2D eigenvalue weighted by Gasteiger charge is -2.03. The minimum Gasteiger partial charge on any atom is -0.507 e. The Morgan fingerprint density at radius 3 is 2.91 bits per heavy atom. The van der Waals surface area contributed by atoms with Crippen LogP contribution in [0.3, 0.4) is 0 Å². The molecule has 1 amide bonds. The summed E-state index contributed by atoms with van der Waals surface area (Å²) in [5.74, 6) is -0.0657. The molecule has 3 aromatic rings. The van der Waals surface area contributed by atoms with Crippen molar-refractivity contribution in [1.29, 1.82) is 0 Å². The van der Waals surface area contributed by atoms with Gasteiger partial charge in [-0.15, -0.1) is 0 Å². The molecule has 4 rings (SSSR count). The highest BCUT2D eigenvalue weighted by molar-refractivity contribution is 8.15. The number of nitrogens with one attached hydrogen (secondary N) is 1. The zero-order chi connectivity index (χ0) is 15.8. The number of pyridine rings is 1. The molecule has 0 aliphatic carbocycles. The van der Waals surface area contributed by atoms with E-state index in [0.29, 0.717) is 10.6 Å². The van der Waals surface area contributed by atoms with Gasteiger partial charge in [0.2, 0.25) is 0 Å². The molecule has 1 aromatic heterocycles. The minimum absolute atomic E-state index is 0.242. The second-order valence-corrected chi connectivity index (χ2v) is 6.04. The van der Waals surface area contributed by atoms with Gasteiger partial charge in [-0.25, -0.2) is 5.43 Å². The molecule has 0 radical (unpaired) electrons. The summed E-state index contributed by atoms with van der Waals surface area (Å²) in [4.78, 5) is 17.0. The van der Waals surface area contributed by atoms with Crippen LogP contribution in [0.5, 0.6) is 5.75 Å². The summed E-state index contributed by atoms with van der Waals surface area (Å²) in [5.41, 5.74) is 3.92. The number of carbonyl (C=O) groups is 1. The van der Waals surface area contributed by atoms with Crippen molar-refractivity contribution in [3.8, 4) is 5.75 Å².